The molecule has 0 atom stereocenters. The Kier molecular flexibility index (Phi) is 4.57. The van der Waals surface area contributed by atoms with Gasteiger partial charge in [-0.05, 0) is 24.1 Å². The third kappa shape index (κ3) is 3.21. The first-order chi connectivity index (χ1) is 9.81. The minimum absolute atomic E-state index is 0.210. The highest BCUT2D eigenvalue weighted by Gasteiger charge is 2.21. The summed E-state index contributed by atoms with van der Waals surface area (Å²) in [5.41, 5.74) is 7.05. The summed E-state index contributed by atoms with van der Waals surface area (Å²) in [4.78, 5) is 4.57. The van der Waals surface area contributed by atoms with Crippen LogP contribution < -0.4 is 5.73 Å². The molecule has 0 unspecified atom stereocenters. The highest BCUT2D eigenvalue weighted by molar-refractivity contribution is 6.30. The molecule has 0 spiro atoms. The molecule has 114 valence electrons. The summed E-state index contributed by atoms with van der Waals surface area (Å²) in [6, 6.07) is 4.43. The van der Waals surface area contributed by atoms with Gasteiger partial charge in [-0.15, -0.1) is 0 Å². The number of hydrogen-bond donors (Lipinski definition) is 1. The van der Waals surface area contributed by atoms with Crippen molar-refractivity contribution in [1.29, 1.82) is 0 Å². The molecule has 2 N–H and O–H groups in total. The lowest BCUT2D eigenvalue weighted by molar-refractivity contribution is 0.502. The molecule has 0 aliphatic carbocycles. The first kappa shape index (κ1) is 15.8. The fraction of sp³-hybridized carbons (Fsp3) is 0.438. The summed E-state index contributed by atoms with van der Waals surface area (Å²) in [6.45, 7) is 9.09. The van der Waals surface area contributed by atoms with Gasteiger partial charge in [-0.25, -0.2) is 9.37 Å². The highest BCUT2D eigenvalue weighted by Crippen LogP contribution is 2.33. The number of hydrogen-bond acceptors (Lipinski definition) is 2. The Bertz CT molecular complexity index is 647. The topological polar surface area (TPSA) is 43.8 Å². The van der Waals surface area contributed by atoms with E-state index in [4.69, 9.17) is 17.3 Å². The predicted molar refractivity (Wildman–Crippen MR) is 86.0 cm³/mol. The lowest BCUT2D eigenvalue weighted by atomic mass is 10.1. The number of rotatable bonds is 4. The van der Waals surface area contributed by atoms with Gasteiger partial charge in [0.25, 0.3) is 0 Å². The number of nitrogen functional groups attached to an aromatic ring is 1. The van der Waals surface area contributed by atoms with E-state index in [1.165, 1.54) is 12.1 Å². The van der Waals surface area contributed by atoms with E-state index in [2.05, 4.69) is 32.7 Å². The lowest BCUT2D eigenvalue weighted by Crippen LogP contribution is -2.12. The Balaban J connectivity index is 2.62. The Morgan fingerprint density at radius 1 is 1.29 bits per heavy atom. The van der Waals surface area contributed by atoms with Crippen LogP contribution in [0.5, 0.6) is 0 Å². The first-order valence-electron chi connectivity index (χ1n) is 7.12. The van der Waals surface area contributed by atoms with Crippen LogP contribution in [0.2, 0.25) is 5.02 Å². The van der Waals surface area contributed by atoms with Crippen LogP contribution >= 0.6 is 11.6 Å². The van der Waals surface area contributed by atoms with Crippen molar-refractivity contribution in [2.24, 2.45) is 5.92 Å². The van der Waals surface area contributed by atoms with Crippen LogP contribution in [0.25, 0.3) is 11.3 Å². The van der Waals surface area contributed by atoms with Gasteiger partial charge >= 0.3 is 0 Å². The average molecular weight is 310 g/mol. The molecule has 1 aromatic heterocycles. The molecule has 3 nitrogen and oxygen atoms in total. The standard InChI is InChI=1S/C16H21ClFN3/c1-9(2)8-21-15(19)14(20-16(21)10(3)4)12-7-11(17)5-6-13(12)18/h5-7,9-10H,8,19H2,1-4H3. The number of nitrogens with two attached hydrogens (primary N) is 1. The normalized spacial score (nSPS) is 11.6. The van der Waals surface area contributed by atoms with Gasteiger partial charge in [-0.1, -0.05) is 39.3 Å². The van der Waals surface area contributed by atoms with Crippen molar-refractivity contribution in [3.8, 4) is 11.3 Å². The number of nitrogens with zero attached hydrogens (tertiary/aromatic N) is 2. The average Bonchev–Trinajstić information content (AvgIpc) is 2.70. The van der Waals surface area contributed by atoms with Gasteiger partial charge in [0.1, 0.15) is 23.2 Å². The van der Waals surface area contributed by atoms with E-state index in [0.29, 0.717) is 28.0 Å². The molecule has 2 rings (SSSR count). The molecule has 21 heavy (non-hydrogen) atoms. The van der Waals surface area contributed by atoms with Crippen LogP contribution in [0.3, 0.4) is 0 Å². The van der Waals surface area contributed by atoms with E-state index in [-0.39, 0.29) is 11.7 Å². The number of halogens is 2. The van der Waals surface area contributed by atoms with Crippen LogP contribution in [0.15, 0.2) is 18.2 Å². The molecular weight excluding hydrogens is 289 g/mol. The Labute approximate surface area is 129 Å². The van der Waals surface area contributed by atoms with E-state index in [9.17, 15) is 4.39 Å². The zero-order chi connectivity index (χ0) is 15.7. The molecule has 0 aliphatic rings. The second-order valence-electron chi connectivity index (χ2n) is 5.99. The molecule has 0 bridgehead atoms. The first-order valence-corrected chi connectivity index (χ1v) is 7.50. The molecule has 0 saturated heterocycles. The van der Waals surface area contributed by atoms with Crippen molar-refractivity contribution in [3.05, 3.63) is 34.9 Å². The Hall–Kier alpha value is -1.55. The molecule has 0 fully saturated rings. The molecule has 0 radical (unpaired) electrons. The fourth-order valence-corrected chi connectivity index (χ4v) is 2.53. The van der Waals surface area contributed by atoms with Crippen molar-refractivity contribution in [3.63, 3.8) is 0 Å². The van der Waals surface area contributed by atoms with Crippen molar-refractivity contribution < 1.29 is 4.39 Å². The van der Waals surface area contributed by atoms with Gasteiger partial charge < -0.3 is 10.3 Å². The summed E-state index contributed by atoms with van der Waals surface area (Å²) < 4.78 is 16.1. The van der Waals surface area contributed by atoms with Crippen LogP contribution in [0.4, 0.5) is 10.2 Å². The predicted octanol–water partition coefficient (Wildman–Crippen LogP) is 4.70. The summed E-state index contributed by atoms with van der Waals surface area (Å²) in [5.74, 6) is 1.64. The zero-order valence-corrected chi connectivity index (χ0v) is 13.6. The maximum absolute atomic E-state index is 14.1. The lowest BCUT2D eigenvalue weighted by Gasteiger charge is -2.14. The second kappa shape index (κ2) is 6.06. The molecule has 1 aromatic carbocycles. The molecule has 2 aromatic rings. The number of anilines is 1. The fourth-order valence-electron chi connectivity index (χ4n) is 2.36. The molecule has 1 heterocycles. The van der Waals surface area contributed by atoms with E-state index >= 15 is 0 Å². The van der Waals surface area contributed by atoms with E-state index in [0.717, 1.165) is 12.4 Å². The zero-order valence-electron chi connectivity index (χ0n) is 12.8. The monoisotopic (exact) mass is 309 g/mol. The smallest absolute Gasteiger partial charge is 0.132 e. The third-order valence-corrected chi connectivity index (χ3v) is 3.52. The number of aromatic nitrogens is 2. The SMILES string of the molecule is CC(C)Cn1c(C(C)C)nc(-c2cc(Cl)ccc2F)c1N. The van der Waals surface area contributed by atoms with Gasteiger partial charge in [-0.2, -0.15) is 0 Å². The second-order valence-corrected chi connectivity index (χ2v) is 6.42. The summed E-state index contributed by atoms with van der Waals surface area (Å²) in [5, 5.41) is 0.468. The minimum atomic E-state index is -0.365. The van der Waals surface area contributed by atoms with Crippen LogP contribution in [-0.4, -0.2) is 9.55 Å². The van der Waals surface area contributed by atoms with Gasteiger partial charge in [0.2, 0.25) is 0 Å². The van der Waals surface area contributed by atoms with Gasteiger partial charge in [0.05, 0.1) is 0 Å². The molecule has 0 aliphatic heterocycles. The van der Waals surface area contributed by atoms with Crippen molar-refractivity contribution in [2.75, 3.05) is 5.73 Å². The Morgan fingerprint density at radius 3 is 2.52 bits per heavy atom. The summed E-state index contributed by atoms with van der Waals surface area (Å²) >= 11 is 5.97. The van der Waals surface area contributed by atoms with Gasteiger partial charge in [0.15, 0.2) is 0 Å². The molecule has 0 saturated carbocycles. The minimum Gasteiger partial charge on any atom is -0.383 e. The van der Waals surface area contributed by atoms with E-state index in [1.54, 1.807) is 6.07 Å². The quantitative estimate of drug-likeness (QED) is 0.889. The van der Waals surface area contributed by atoms with Crippen LogP contribution in [-0.2, 0) is 6.54 Å². The molecular formula is C16H21ClFN3. The van der Waals surface area contributed by atoms with Crippen LogP contribution in [0.1, 0.15) is 39.4 Å². The van der Waals surface area contributed by atoms with Crippen molar-refractivity contribution in [2.45, 2.75) is 40.2 Å². The summed E-state index contributed by atoms with van der Waals surface area (Å²) in [6.07, 6.45) is 0. The van der Waals surface area contributed by atoms with E-state index < -0.39 is 0 Å². The van der Waals surface area contributed by atoms with Crippen molar-refractivity contribution >= 4 is 17.4 Å². The number of imidazole rings is 1. The molecule has 0 amide bonds. The molecule has 5 heteroatoms. The van der Waals surface area contributed by atoms with E-state index in [1.807, 2.05) is 4.57 Å². The van der Waals surface area contributed by atoms with Gasteiger partial charge in [-0.3, -0.25) is 0 Å². The third-order valence-electron chi connectivity index (χ3n) is 3.28. The van der Waals surface area contributed by atoms with Crippen LogP contribution in [0, 0.1) is 11.7 Å². The largest absolute Gasteiger partial charge is 0.383 e. The summed E-state index contributed by atoms with van der Waals surface area (Å²) in [7, 11) is 0. The highest BCUT2D eigenvalue weighted by atomic mass is 35.5. The number of benzene rings is 1. The maximum atomic E-state index is 14.1. The van der Waals surface area contributed by atoms with Crippen molar-refractivity contribution in [1.82, 2.24) is 9.55 Å². The maximum Gasteiger partial charge on any atom is 0.132 e. The Morgan fingerprint density at radius 2 is 1.95 bits per heavy atom. The van der Waals surface area contributed by atoms with Gasteiger partial charge in [0, 0.05) is 23.0 Å².